The number of hydrogen-bond donors (Lipinski definition) is 1. The smallest absolute Gasteiger partial charge is 0.105 e. The molecule has 0 spiro atoms. The minimum Gasteiger partial charge on any atom is -0.469 e. The van der Waals surface area contributed by atoms with Gasteiger partial charge < -0.3 is 14.6 Å². The Morgan fingerprint density at radius 1 is 1.40 bits per heavy atom. The van der Waals surface area contributed by atoms with Crippen molar-refractivity contribution >= 4 is 0 Å². The zero-order valence-electron chi connectivity index (χ0n) is 10.2. The lowest BCUT2D eigenvalue weighted by atomic mass is 10.2. The van der Waals surface area contributed by atoms with E-state index >= 15 is 0 Å². The Morgan fingerprint density at radius 3 is 2.67 bits per heavy atom. The molecular weight excluding hydrogens is 188 g/mol. The van der Waals surface area contributed by atoms with Crippen LogP contribution in [-0.2, 0) is 6.42 Å². The molecule has 86 valence electrons. The summed E-state index contributed by atoms with van der Waals surface area (Å²) < 4.78 is 5.31. The zero-order valence-corrected chi connectivity index (χ0v) is 10.2. The third kappa shape index (κ3) is 4.49. The Labute approximate surface area is 92.5 Å². The van der Waals surface area contributed by atoms with Crippen molar-refractivity contribution in [3.05, 3.63) is 24.2 Å². The van der Waals surface area contributed by atoms with Crippen molar-refractivity contribution in [1.29, 1.82) is 0 Å². The monoisotopic (exact) mass is 210 g/mol. The molecule has 0 bridgehead atoms. The Balaban J connectivity index is 2.22. The molecule has 0 radical (unpaired) electrons. The topological polar surface area (TPSA) is 28.4 Å². The first-order valence-electron chi connectivity index (χ1n) is 5.51. The average molecular weight is 210 g/mol. The standard InChI is InChI=1S/C12H22N2O/c1-10(8-12-6-5-7-15-12)13-9-11(2)14(3)4/h5-7,10-11,13H,8-9H2,1-4H3. The van der Waals surface area contributed by atoms with Gasteiger partial charge in [-0.15, -0.1) is 0 Å². The molecule has 3 heteroatoms. The van der Waals surface area contributed by atoms with Gasteiger partial charge in [0.1, 0.15) is 5.76 Å². The number of likely N-dealkylation sites (N-methyl/N-ethyl adjacent to an activating group) is 1. The summed E-state index contributed by atoms with van der Waals surface area (Å²) in [5.74, 6) is 1.05. The van der Waals surface area contributed by atoms with Crippen LogP contribution in [0.3, 0.4) is 0 Å². The number of rotatable bonds is 6. The molecule has 1 rings (SSSR count). The van der Waals surface area contributed by atoms with Crippen molar-refractivity contribution in [2.45, 2.75) is 32.4 Å². The summed E-state index contributed by atoms with van der Waals surface area (Å²) in [4.78, 5) is 2.21. The molecule has 0 saturated heterocycles. The Kier molecular flexibility index (Phi) is 4.85. The molecule has 1 aromatic heterocycles. The minimum absolute atomic E-state index is 0.457. The van der Waals surface area contributed by atoms with Gasteiger partial charge in [0.05, 0.1) is 6.26 Å². The van der Waals surface area contributed by atoms with Crippen LogP contribution >= 0.6 is 0 Å². The second kappa shape index (κ2) is 5.93. The molecule has 1 N–H and O–H groups in total. The van der Waals surface area contributed by atoms with E-state index in [0.29, 0.717) is 12.1 Å². The van der Waals surface area contributed by atoms with Crippen LogP contribution in [0.4, 0.5) is 0 Å². The van der Waals surface area contributed by atoms with Crippen LogP contribution in [0, 0.1) is 0 Å². The fraction of sp³-hybridized carbons (Fsp3) is 0.667. The maximum absolute atomic E-state index is 5.31. The van der Waals surface area contributed by atoms with Crippen molar-refractivity contribution in [3.63, 3.8) is 0 Å². The van der Waals surface area contributed by atoms with Crippen LogP contribution in [0.15, 0.2) is 22.8 Å². The number of hydrogen-bond acceptors (Lipinski definition) is 3. The van der Waals surface area contributed by atoms with Crippen LogP contribution < -0.4 is 5.32 Å². The molecule has 0 aromatic carbocycles. The third-order valence-corrected chi connectivity index (χ3v) is 2.73. The van der Waals surface area contributed by atoms with E-state index in [-0.39, 0.29) is 0 Å². The lowest BCUT2D eigenvalue weighted by Gasteiger charge is -2.22. The van der Waals surface area contributed by atoms with Crippen LogP contribution in [0.5, 0.6) is 0 Å². The SMILES string of the molecule is CC(Cc1ccco1)NCC(C)N(C)C. The van der Waals surface area contributed by atoms with Gasteiger partial charge in [0, 0.05) is 25.0 Å². The van der Waals surface area contributed by atoms with Crippen molar-refractivity contribution < 1.29 is 4.42 Å². The van der Waals surface area contributed by atoms with Crippen molar-refractivity contribution in [2.24, 2.45) is 0 Å². The second-order valence-corrected chi connectivity index (χ2v) is 4.41. The van der Waals surface area contributed by atoms with Gasteiger partial charge in [-0.1, -0.05) is 0 Å². The molecule has 2 atom stereocenters. The summed E-state index contributed by atoms with van der Waals surface area (Å²) >= 11 is 0. The molecule has 1 aromatic rings. The highest BCUT2D eigenvalue weighted by Gasteiger charge is 2.08. The van der Waals surface area contributed by atoms with Gasteiger partial charge in [-0.05, 0) is 40.1 Å². The Morgan fingerprint density at radius 2 is 2.13 bits per heavy atom. The molecule has 15 heavy (non-hydrogen) atoms. The summed E-state index contributed by atoms with van der Waals surface area (Å²) in [6.07, 6.45) is 2.68. The predicted octanol–water partition coefficient (Wildman–Crippen LogP) is 1.75. The lowest BCUT2D eigenvalue weighted by molar-refractivity contribution is 0.293. The molecule has 0 saturated carbocycles. The zero-order chi connectivity index (χ0) is 11.3. The van der Waals surface area contributed by atoms with Crippen LogP contribution in [0.25, 0.3) is 0 Å². The van der Waals surface area contributed by atoms with Crippen molar-refractivity contribution in [2.75, 3.05) is 20.6 Å². The van der Waals surface area contributed by atoms with Gasteiger partial charge in [-0.2, -0.15) is 0 Å². The fourth-order valence-electron chi connectivity index (χ4n) is 1.36. The largest absolute Gasteiger partial charge is 0.469 e. The molecule has 2 unspecified atom stereocenters. The molecule has 1 heterocycles. The van der Waals surface area contributed by atoms with Gasteiger partial charge in [0.25, 0.3) is 0 Å². The Hall–Kier alpha value is -0.800. The first-order valence-corrected chi connectivity index (χ1v) is 5.51. The van der Waals surface area contributed by atoms with E-state index in [4.69, 9.17) is 4.42 Å². The van der Waals surface area contributed by atoms with E-state index in [0.717, 1.165) is 18.7 Å². The molecule has 0 fully saturated rings. The van der Waals surface area contributed by atoms with Gasteiger partial charge >= 0.3 is 0 Å². The van der Waals surface area contributed by atoms with Crippen molar-refractivity contribution in [3.8, 4) is 0 Å². The van der Waals surface area contributed by atoms with E-state index in [1.807, 2.05) is 12.1 Å². The Bertz CT molecular complexity index is 257. The quantitative estimate of drug-likeness (QED) is 0.775. The molecule has 0 aliphatic heterocycles. The maximum Gasteiger partial charge on any atom is 0.105 e. The first-order chi connectivity index (χ1) is 7.09. The molecule has 0 aliphatic rings. The first kappa shape index (κ1) is 12.3. The summed E-state index contributed by atoms with van der Waals surface area (Å²) in [7, 11) is 4.20. The van der Waals surface area contributed by atoms with Gasteiger partial charge in [-0.3, -0.25) is 0 Å². The van der Waals surface area contributed by atoms with Crippen LogP contribution in [0.2, 0.25) is 0 Å². The summed E-state index contributed by atoms with van der Waals surface area (Å²) in [5, 5.41) is 3.50. The van der Waals surface area contributed by atoms with Gasteiger partial charge in [0.15, 0.2) is 0 Å². The second-order valence-electron chi connectivity index (χ2n) is 4.41. The molecular formula is C12H22N2O. The van der Waals surface area contributed by atoms with E-state index < -0.39 is 0 Å². The average Bonchev–Trinajstić information content (AvgIpc) is 2.66. The highest BCUT2D eigenvalue weighted by Crippen LogP contribution is 2.03. The van der Waals surface area contributed by atoms with Gasteiger partial charge in [0.2, 0.25) is 0 Å². The van der Waals surface area contributed by atoms with Gasteiger partial charge in [-0.25, -0.2) is 0 Å². The van der Waals surface area contributed by atoms with E-state index in [2.05, 4.69) is 38.2 Å². The van der Waals surface area contributed by atoms with E-state index in [1.54, 1.807) is 6.26 Å². The predicted molar refractivity (Wildman–Crippen MR) is 63.0 cm³/mol. The highest BCUT2D eigenvalue weighted by molar-refractivity contribution is 4.99. The number of nitrogens with zero attached hydrogens (tertiary/aromatic N) is 1. The number of furan rings is 1. The molecule has 0 amide bonds. The highest BCUT2D eigenvalue weighted by atomic mass is 16.3. The van der Waals surface area contributed by atoms with Crippen LogP contribution in [-0.4, -0.2) is 37.6 Å². The summed E-state index contributed by atoms with van der Waals surface area (Å²) in [6.45, 7) is 5.41. The minimum atomic E-state index is 0.457. The van der Waals surface area contributed by atoms with E-state index in [1.165, 1.54) is 0 Å². The van der Waals surface area contributed by atoms with E-state index in [9.17, 15) is 0 Å². The third-order valence-electron chi connectivity index (χ3n) is 2.73. The maximum atomic E-state index is 5.31. The molecule has 3 nitrogen and oxygen atoms in total. The van der Waals surface area contributed by atoms with Crippen molar-refractivity contribution in [1.82, 2.24) is 10.2 Å². The normalized spacial score (nSPS) is 15.5. The molecule has 0 aliphatic carbocycles. The lowest BCUT2D eigenvalue weighted by Crippen LogP contribution is -2.39. The van der Waals surface area contributed by atoms with Crippen LogP contribution in [0.1, 0.15) is 19.6 Å². The fourth-order valence-corrected chi connectivity index (χ4v) is 1.36. The summed E-state index contributed by atoms with van der Waals surface area (Å²) in [6, 6.07) is 4.97. The number of nitrogens with one attached hydrogen (secondary N) is 1. The summed E-state index contributed by atoms with van der Waals surface area (Å²) in [5.41, 5.74) is 0.